The number of rotatable bonds is 5. The van der Waals surface area contributed by atoms with Crippen molar-refractivity contribution in [3.8, 4) is 0 Å². The molecule has 0 N–H and O–H groups in total. The van der Waals surface area contributed by atoms with Crippen molar-refractivity contribution in [1.29, 1.82) is 0 Å². The van der Waals surface area contributed by atoms with E-state index in [9.17, 15) is 14.4 Å². The minimum absolute atomic E-state index is 0.107. The number of carbonyl (C=O) groups is 1. The molecule has 0 bridgehead atoms. The molecule has 0 amide bonds. The van der Waals surface area contributed by atoms with E-state index in [1.54, 1.807) is 11.3 Å². The maximum Gasteiger partial charge on any atom is 0.330 e. The molecule has 3 aromatic carbocycles. The molecule has 1 atom stereocenters. The Balaban J connectivity index is 1.74. The van der Waals surface area contributed by atoms with Crippen LogP contribution in [0.4, 0.5) is 0 Å². The highest BCUT2D eigenvalue weighted by Crippen LogP contribution is 2.39. The second-order valence-electron chi connectivity index (χ2n) is 7.78. The van der Waals surface area contributed by atoms with Crippen LogP contribution in [-0.4, -0.2) is 17.1 Å². The highest BCUT2D eigenvalue weighted by atomic mass is 32.1. The summed E-state index contributed by atoms with van der Waals surface area (Å²) < 4.78 is 8.54. The molecule has 0 aliphatic carbocycles. The van der Waals surface area contributed by atoms with E-state index in [0.29, 0.717) is 10.8 Å². The lowest BCUT2D eigenvalue weighted by Crippen LogP contribution is -2.36. The van der Waals surface area contributed by atoms with Gasteiger partial charge in [-0.3, -0.25) is 14.2 Å². The van der Waals surface area contributed by atoms with E-state index < -0.39 is 5.97 Å². The van der Waals surface area contributed by atoms with Gasteiger partial charge in [0.25, 0.3) is 11.1 Å². The normalized spacial score (nSPS) is 12.7. The van der Waals surface area contributed by atoms with Crippen LogP contribution in [0.3, 0.4) is 0 Å². The molecule has 5 aromatic rings. The molecule has 0 fully saturated rings. The Morgan fingerprint density at radius 1 is 0.968 bits per heavy atom. The summed E-state index contributed by atoms with van der Waals surface area (Å²) in [7, 11) is 0. The average molecular weight is 429 g/mol. The van der Waals surface area contributed by atoms with Gasteiger partial charge in [-0.2, -0.15) is 0 Å². The van der Waals surface area contributed by atoms with Crippen molar-refractivity contribution in [2.75, 3.05) is 6.61 Å². The maximum absolute atomic E-state index is 13.3. The average Bonchev–Trinajstić information content (AvgIpc) is 2.79. The Morgan fingerprint density at radius 3 is 2.39 bits per heavy atom. The SMILES string of the molecule is C=CC(=O)OCC(C)Cn1c(=O)c2ccc3sc4ccccc4c4ccc(c1=O)c2c34. The Hall–Kier alpha value is -3.51. The lowest BCUT2D eigenvalue weighted by Gasteiger charge is -2.16. The zero-order chi connectivity index (χ0) is 21.7. The standard InChI is InChI=1S/C25H19NO4S/c1-3-21(27)30-13-14(2)12-26-24(28)17-9-8-16-15-6-4-5-7-19(15)31-20-11-10-18(25(26)29)22(17)23(16)20/h3-11,14H,1,12-13H2,2H3. The summed E-state index contributed by atoms with van der Waals surface area (Å²) in [5.74, 6) is -0.723. The molecule has 2 heterocycles. The first kappa shape index (κ1) is 19.5. The minimum atomic E-state index is -0.523. The van der Waals surface area contributed by atoms with Gasteiger partial charge in [0, 0.05) is 49.5 Å². The highest BCUT2D eigenvalue weighted by molar-refractivity contribution is 7.25. The van der Waals surface area contributed by atoms with Crippen molar-refractivity contribution in [2.24, 2.45) is 5.92 Å². The summed E-state index contributed by atoms with van der Waals surface area (Å²) in [6.07, 6.45) is 1.09. The lowest BCUT2D eigenvalue weighted by molar-refractivity contribution is -0.139. The number of carbonyl (C=O) groups excluding carboxylic acids is 1. The van der Waals surface area contributed by atoms with Crippen molar-refractivity contribution in [3.05, 3.63) is 81.9 Å². The fraction of sp³-hybridized carbons (Fsp3) is 0.160. The molecular weight excluding hydrogens is 410 g/mol. The molecule has 0 saturated carbocycles. The van der Waals surface area contributed by atoms with Crippen LogP contribution in [0, 0.1) is 5.92 Å². The number of fused-ring (bicyclic) bond motifs is 2. The summed E-state index contributed by atoms with van der Waals surface area (Å²) in [6.45, 7) is 5.48. The number of aromatic nitrogens is 1. The van der Waals surface area contributed by atoms with Crippen LogP contribution >= 0.6 is 11.3 Å². The minimum Gasteiger partial charge on any atom is -0.462 e. The quantitative estimate of drug-likeness (QED) is 0.176. The fourth-order valence-corrected chi connectivity index (χ4v) is 5.34. The molecule has 5 nitrogen and oxygen atoms in total. The summed E-state index contributed by atoms with van der Waals surface area (Å²) in [5, 5.41) is 4.92. The molecule has 2 aromatic heterocycles. The van der Waals surface area contributed by atoms with E-state index in [2.05, 4.69) is 18.7 Å². The Labute approximate surface area is 181 Å². The smallest absolute Gasteiger partial charge is 0.330 e. The molecule has 0 aliphatic rings. The van der Waals surface area contributed by atoms with Gasteiger partial charge in [0.2, 0.25) is 0 Å². The van der Waals surface area contributed by atoms with Crippen molar-refractivity contribution in [3.63, 3.8) is 0 Å². The van der Waals surface area contributed by atoms with E-state index in [1.807, 2.05) is 43.3 Å². The Bertz CT molecular complexity index is 1580. The Morgan fingerprint density at radius 2 is 1.65 bits per heavy atom. The van der Waals surface area contributed by atoms with Gasteiger partial charge in [-0.15, -0.1) is 11.3 Å². The monoisotopic (exact) mass is 429 g/mol. The first-order valence-electron chi connectivity index (χ1n) is 10.0. The number of ether oxygens (including phenoxy) is 1. The highest BCUT2D eigenvalue weighted by Gasteiger charge is 2.19. The maximum atomic E-state index is 13.3. The number of hydrogen-bond acceptors (Lipinski definition) is 5. The van der Waals surface area contributed by atoms with Crippen LogP contribution in [-0.2, 0) is 16.1 Å². The third-order valence-corrected chi connectivity index (χ3v) is 6.78. The van der Waals surface area contributed by atoms with E-state index in [-0.39, 0.29) is 30.2 Å². The molecule has 154 valence electrons. The number of nitrogens with zero attached hydrogens (tertiary/aromatic N) is 1. The predicted molar refractivity (Wildman–Crippen MR) is 126 cm³/mol. The molecule has 31 heavy (non-hydrogen) atoms. The number of pyridine rings is 1. The summed E-state index contributed by atoms with van der Waals surface area (Å²) in [5.41, 5.74) is -0.626. The zero-order valence-electron chi connectivity index (χ0n) is 16.9. The van der Waals surface area contributed by atoms with Gasteiger partial charge in [-0.25, -0.2) is 4.79 Å². The van der Waals surface area contributed by atoms with Gasteiger partial charge >= 0.3 is 5.97 Å². The first-order chi connectivity index (χ1) is 15.0. The number of hydrogen-bond donors (Lipinski definition) is 0. The first-order valence-corrected chi connectivity index (χ1v) is 10.8. The van der Waals surface area contributed by atoms with Gasteiger partial charge in [0.05, 0.1) is 6.61 Å². The Kier molecular flexibility index (Phi) is 4.59. The molecule has 6 heteroatoms. The predicted octanol–water partition coefficient (Wildman–Crippen LogP) is 4.69. The molecule has 0 saturated heterocycles. The van der Waals surface area contributed by atoms with E-state index in [4.69, 9.17) is 4.74 Å². The molecule has 5 rings (SSSR count). The molecular formula is C25H19NO4S. The topological polar surface area (TPSA) is 65.4 Å². The third-order valence-electron chi connectivity index (χ3n) is 5.64. The van der Waals surface area contributed by atoms with Crippen molar-refractivity contribution in [2.45, 2.75) is 13.5 Å². The van der Waals surface area contributed by atoms with Crippen molar-refractivity contribution in [1.82, 2.24) is 4.57 Å². The van der Waals surface area contributed by atoms with Gasteiger partial charge in [-0.1, -0.05) is 37.8 Å². The zero-order valence-corrected chi connectivity index (χ0v) is 17.7. The molecule has 0 spiro atoms. The summed E-state index contributed by atoms with van der Waals surface area (Å²) in [4.78, 5) is 37.9. The van der Waals surface area contributed by atoms with Crippen molar-refractivity contribution < 1.29 is 9.53 Å². The molecule has 0 radical (unpaired) electrons. The lowest BCUT2D eigenvalue weighted by atomic mass is 9.97. The second-order valence-corrected chi connectivity index (χ2v) is 8.86. The third kappa shape index (κ3) is 3.02. The van der Waals surface area contributed by atoms with Crippen LogP contribution in [0.1, 0.15) is 6.92 Å². The van der Waals surface area contributed by atoms with E-state index >= 15 is 0 Å². The fourth-order valence-electron chi connectivity index (χ4n) is 4.22. The van der Waals surface area contributed by atoms with Crippen LogP contribution < -0.4 is 11.1 Å². The summed E-state index contributed by atoms with van der Waals surface area (Å²) >= 11 is 1.66. The second kappa shape index (κ2) is 7.32. The van der Waals surface area contributed by atoms with E-state index in [0.717, 1.165) is 37.0 Å². The van der Waals surface area contributed by atoms with Crippen LogP contribution in [0.25, 0.3) is 41.7 Å². The van der Waals surface area contributed by atoms with Gasteiger partial charge < -0.3 is 4.74 Å². The van der Waals surface area contributed by atoms with Gasteiger partial charge in [-0.05, 0) is 35.0 Å². The van der Waals surface area contributed by atoms with E-state index in [1.165, 1.54) is 4.57 Å². The molecule has 0 aliphatic heterocycles. The van der Waals surface area contributed by atoms with Crippen molar-refractivity contribution >= 4 is 59.0 Å². The van der Waals surface area contributed by atoms with Gasteiger partial charge in [0.15, 0.2) is 0 Å². The van der Waals surface area contributed by atoms with Crippen LogP contribution in [0.15, 0.2) is 70.8 Å². The van der Waals surface area contributed by atoms with Gasteiger partial charge in [0.1, 0.15) is 0 Å². The molecule has 1 unspecified atom stereocenters. The summed E-state index contributed by atoms with van der Waals surface area (Å²) in [6, 6.07) is 15.7. The number of esters is 1. The largest absolute Gasteiger partial charge is 0.462 e. The number of benzene rings is 3. The van der Waals surface area contributed by atoms with Crippen LogP contribution in [0.2, 0.25) is 0 Å². The van der Waals surface area contributed by atoms with Crippen LogP contribution in [0.5, 0.6) is 0 Å².